The Kier molecular flexibility index (Phi) is 9.14. The number of hydrogen-bond acceptors (Lipinski definition) is 4. The highest BCUT2D eigenvalue weighted by Crippen LogP contribution is 2.42. The molecule has 61 heavy (non-hydrogen) atoms. The van der Waals surface area contributed by atoms with Crippen LogP contribution in [0.25, 0.3) is 112 Å². The molecule has 0 aliphatic carbocycles. The maximum Gasteiger partial charge on any atom is 0.164 e. The molecule has 0 saturated heterocycles. The van der Waals surface area contributed by atoms with Crippen molar-refractivity contribution in [2.24, 2.45) is 0 Å². The summed E-state index contributed by atoms with van der Waals surface area (Å²) in [5, 5.41) is 1.97. The first-order valence-corrected chi connectivity index (χ1v) is 20.5. The fraction of sp³-hybridized carbons (Fsp3) is 0. The highest BCUT2D eigenvalue weighted by Gasteiger charge is 2.19. The molecule has 0 N–H and O–H groups in total. The summed E-state index contributed by atoms with van der Waals surface area (Å²) in [6, 6.07) is 78.3. The average Bonchev–Trinajstić information content (AvgIpc) is 3.73. The van der Waals surface area contributed by atoms with E-state index in [4.69, 9.17) is 19.4 Å². The molecule has 0 aliphatic rings. The van der Waals surface area contributed by atoms with Crippen LogP contribution in [-0.2, 0) is 0 Å². The molecule has 0 unspecified atom stereocenters. The summed E-state index contributed by atoms with van der Waals surface area (Å²) < 4.78 is 6.51. The Morgan fingerprint density at radius 3 is 1.39 bits per heavy atom. The number of aromatic nitrogens is 3. The second-order valence-corrected chi connectivity index (χ2v) is 15.1. The van der Waals surface area contributed by atoms with Crippen LogP contribution in [0.1, 0.15) is 0 Å². The van der Waals surface area contributed by atoms with E-state index >= 15 is 0 Å². The summed E-state index contributed by atoms with van der Waals surface area (Å²) in [4.78, 5) is 15.4. The SMILES string of the molecule is c1ccc(-c2cccc(-c3nc(-c4ccccc4)nc(-c4cccc5oc6ccc(-c7ccc(-c8cccc(-c9ccccc9)c8-c8ccccc8)cc7)cc6c45)n3)c2)cc1. The maximum absolute atomic E-state index is 6.51. The van der Waals surface area contributed by atoms with Gasteiger partial charge in [-0.3, -0.25) is 0 Å². The lowest BCUT2D eigenvalue weighted by atomic mass is 9.87. The first kappa shape index (κ1) is 35.9. The van der Waals surface area contributed by atoms with Crippen LogP contribution in [0.15, 0.2) is 229 Å². The molecule has 286 valence electrons. The Balaban J connectivity index is 1.01. The fourth-order valence-electron chi connectivity index (χ4n) is 8.41. The van der Waals surface area contributed by atoms with Gasteiger partial charge in [-0.15, -0.1) is 0 Å². The van der Waals surface area contributed by atoms with Gasteiger partial charge in [-0.2, -0.15) is 0 Å². The van der Waals surface area contributed by atoms with E-state index in [-0.39, 0.29) is 0 Å². The van der Waals surface area contributed by atoms with Crippen molar-refractivity contribution in [1.29, 1.82) is 0 Å². The highest BCUT2D eigenvalue weighted by atomic mass is 16.3. The van der Waals surface area contributed by atoms with Crippen LogP contribution in [0.3, 0.4) is 0 Å². The molecule has 2 aromatic heterocycles. The van der Waals surface area contributed by atoms with Crippen molar-refractivity contribution in [3.05, 3.63) is 224 Å². The van der Waals surface area contributed by atoms with Gasteiger partial charge in [0.05, 0.1) is 0 Å². The lowest BCUT2D eigenvalue weighted by Gasteiger charge is -2.16. The van der Waals surface area contributed by atoms with Crippen LogP contribution in [0.5, 0.6) is 0 Å². The molecule has 4 heteroatoms. The zero-order valence-electron chi connectivity index (χ0n) is 33.1. The third kappa shape index (κ3) is 6.86. The van der Waals surface area contributed by atoms with E-state index in [9.17, 15) is 0 Å². The smallest absolute Gasteiger partial charge is 0.164 e. The lowest BCUT2D eigenvalue weighted by Crippen LogP contribution is -2.00. The molecule has 0 fully saturated rings. The molecule has 0 saturated carbocycles. The van der Waals surface area contributed by atoms with Gasteiger partial charge in [0, 0.05) is 27.5 Å². The number of fused-ring (bicyclic) bond motifs is 3. The van der Waals surface area contributed by atoms with Crippen molar-refractivity contribution >= 4 is 21.9 Å². The quantitative estimate of drug-likeness (QED) is 0.154. The number of nitrogens with zero attached hydrogens (tertiary/aromatic N) is 3. The zero-order valence-corrected chi connectivity index (χ0v) is 33.1. The van der Waals surface area contributed by atoms with Crippen molar-refractivity contribution in [2.75, 3.05) is 0 Å². The van der Waals surface area contributed by atoms with Gasteiger partial charge in [-0.05, 0) is 79.9 Å². The predicted octanol–water partition coefficient (Wildman–Crippen LogP) is 15.1. The molecule has 0 atom stereocenters. The first-order chi connectivity index (χ1) is 30.2. The summed E-state index contributed by atoms with van der Waals surface area (Å²) in [6.45, 7) is 0. The molecule has 2 heterocycles. The summed E-state index contributed by atoms with van der Waals surface area (Å²) in [7, 11) is 0. The Morgan fingerprint density at radius 2 is 0.705 bits per heavy atom. The van der Waals surface area contributed by atoms with Crippen molar-refractivity contribution in [3.8, 4) is 89.8 Å². The average molecular weight is 780 g/mol. The molecule has 0 bridgehead atoms. The predicted molar refractivity (Wildman–Crippen MR) is 251 cm³/mol. The molecule has 0 aliphatic heterocycles. The van der Waals surface area contributed by atoms with Gasteiger partial charge in [0.1, 0.15) is 11.2 Å². The van der Waals surface area contributed by atoms with E-state index in [1.807, 2.05) is 48.5 Å². The minimum atomic E-state index is 0.587. The second kappa shape index (κ2) is 15.5. The van der Waals surface area contributed by atoms with Crippen LogP contribution in [-0.4, -0.2) is 15.0 Å². The second-order valence-electron chi connectivity index (χ2n) is 15.1. The molecular weight excluding hydrogens is 743 g/mol. The van der Waals surface area contributed by atoms with E-state index in [2.05, 4.69) is 176 Å². The minimum Gasteiger partial charge on any atom is -0.456 e. The van der Waals surface area contributed by atoms with E-state index in [1.165, 1.54) is 27.8 Å². The summed E-state index contributed by atoms with van der Waals surface area (Å²) >= 11 is 0. The van der Waals surface area contributed by atoms with Gasteiger partial charge in [-0.1, -0.05) is 200 Å². The normalized spacial score (nSPS) is 11.3. The number of hydrogen-bond donors (Lipinski definition) is 0. The Morgan fingerprint density at radius 1 is 0.262 bits per heavy atom. The van der Waals surface area contributed by atoms with Gasteiger partial charge < -0.3 is 4.42 Å². The minimum absolute atomic E-state index is 0.587. The van der Waals surface area contributed by atoms with Crippen molar-refractivity contribution < 1.29 is 4.42 Å². The van der Waals surface area contributed by atoms with Gasteiger partial charge in [0.2, 0.25) is 0 Å². The van der Waals surface area contributed by atoms with E-state index in [1.54, 1.807) is 0 Å². The number of benzene rings is 9. The highest BCUT2D eigenvalue weighted by molar-refractivity contribution is 6.13. The Bertz CT molecular complexity index is 3320. The van der Waals surface area contributed by atoms with Crippen LogP contribution < -0.4 is 0 Å². The first-order valence-electron chi connectivity index (χ1n) is 20.5. The van der Waals surface area contributed by atoms with Crippen LogP contribution in [0.4, 0.5) is 0 Å². The summed E-state index contributed by atoms with van der Waals surface area (Å²) in [6.07, 6.45) is 0. The van der Waals surface area contributed by atoms with Gasteiger partial charge in [-0.25, -0.2) is 15.0 Å². The molecule has 0 amide bonds. The Labute approximate surface area is 354 Å². The van der Waals surface area contributed by atoms with E-state index in [0.29, 0.717) is 17.5 Å². The maximum atomic E-state index is 6.51. The molecule has 11 aromatic rings. The third-order valence-corrected chi connectivity index (χ3v) is 11.4. The van der Waals surface area contributed by atoms with E-state index in [0.717, 1.165) is 66.4 Å². The standard InChI is InChI=1S/C57H37N3O/c1-5-16-38(17-6-1)44-24-13-25-46(36-44)56-58-55(43-22-11-4-12-23-43)59-57(60-56)49-28-15-29-52-54(49)50-37-45(34-35-51(50)61-52)39-30-32-41(33-31-39)48-27-14-26-47(40-18-7-2-8-19-40)53(48)42-20-9-3-10-21-42/h1-37H. The van der Waals surface area contributed by atoms with Gasteiger partial charge in [0.25, 0.3) is 0 Å². The van der Waals surface area contributed by atoms with Crippen LogP contribution >= 0.6 is 0 Å². The topological polar surface area (TPSA) is 51.8 Å². The molecule has 4 nitrogen and oxygen atoms in total. The van der Waals surface area contributed by atoms with Crippen LogP contribution in [0.2, 0.25) is 0 Å². The summed E-state index contributed by atoms with van der Waals surface area (Å²) in [5.41, 5.74) is 15.9. The number of furan rings is 1. The summed E-state index contributed by atoms with van der Waals surface area (Å²) in [5.74, 6) is 1.81. The largest absolute Gasteiger partial charge is 0.456 e. The fourth-order valence-corrected chi connectivity index (χ4v) is 8.41. The monoisotopic (exact) mass is 779 g/mol. The van der Waals surface area contributed by atoms with Gasteiger partial charge in [0.15, 0.2) is 17.5 Å². The van der Waals surface area contributed by atoms with Crippen molar-refractivity contribution in [1.82, 2.24) is 15.0 Å². The molecule has 0 spiro atoms. The Hall–Kier alpha value is -8.21. The zero-order chi connectivity index (χ0) is 40.5. The van der Waals surface area contributed by atoms with Crippen molar-refractivity contribution in [2.45, 2.75) is 0 Å². The number of rotatable bonds is 8. The third-order valence-electron chi connectivity index (χ3n) is 11.4. The van der Waals surface area contributed by atoms with Gasteiger partial charge >= 0.3 is 0 Å². The molecule has 0 radical (unpaired) electrons. The van der Waals surface area contributed by atoms with Crippen molar-refractivity contribution in [3.63, 3.8) is 0 Å². The molecule has 11 rings (SSSR count). The van der Waals surface area contributed by atoms with Crippen LogP contribution in [0, 0.1) is 0 Å². The lowest BCUT2D eigenvalue weighted by molar-refractivity contribution is 0.669. The van der Waals surface area contributed by atoms with E-state index < -0.39 is 0 Å². The molecule has 9 aromatic carbocycles. The molecular formula is C57H37N3O.